The van der Waals surface area contributed by atoms with Crippen LogP contribution in [0, 0.1) is 10.1 Å². The second kappa shape index (κ2) is 8.74. The van der Waals surface area contributed by atoms with Crippen molar-refractivity contribution in [3.05, 3.63) is 81.9 Å². The van der Waals surface area contributed by atoms with Crippen molar-refractivity contribution in [1.82, 2.24) is 10.2 Å². The Bertz CT molecular complexity index is 655. The van der Waals surface area contributed by atoms with E-state index in [2.05, 4.69) is 34.5 Å². The molecule has 3 rings (SSSR count). The Kier molecular flexibility index (Phi) is 6.14. The van der Waals surface area contributed by atoms with Crippen LogP contribution in [0.25, 0.3) is 0 Å². The lowest BCUT2D eigenvalue weighted by molar-refractivity contribution is -0.530. The van der Waals surface area contributed by atoms with Gasteiger partial charge in [0.2, 0.25) is 0 Å². The van der Waals surface area contributed by atoms with Crippen LogP contribution in [0.15, 0.2) is 60.7 Å². The van der Waals surface area contributed by atoms with Crippen molar-refractivity contribution in [1.29, 1.82) is 0 Å². The van der Waals surface area contributed by atoms with Crippen LogP contribution in [-0.2, 0) is 13.0 Å². The summed E-state index contributed by atoms with van der Waals surface area (Å²) in [6.45, 7) is 2.90. The van der Waals surface area contributed by atoms with Gasteiger partial charge in [-0.3, -0.25) is 20.3 Å². The van der Waals surface area contributed by atoms with Crippen molar-refractivity contribution >= 4 is 0 Å². The molecule has 0 amide bonds. The molecular weight excluding hydrogens is 314 g/mol. The van der Waals surface area contributed by atoms with Crippen LogP contribution in [0.3, 0.4) is 0 Å². The predicted molar refractivity (Wildman–Crippen MR) is 98.8 cm³/mol. The Morgan fingerprint density at radius 1 is 1.00 bits per heavy atom. The summed E-state index contributed by atoms with van der Waals surface area (Å²) < 4.78 is 0. The van der Waals surface area contributed by atoms with Crippen molar-refractivity contribution in [3.8, 4) is 0 Å². The summed E-state index contributed by atoms with van der Waals surface area (Å²) in [4.78, 5) is 13.6. The van der Waals surface area contributed by atoms with Gasteiger partial charge in [0.1, 0.15) is 0 Å². The Labute approximate surface area is 148 Å². The van der Waals surface area contributed by atoms with E-state index >= 15 is 0 Å². The summed E-state index contributed by atoms with van der Waals surface area (Å²) >= 11 is 0. The molecule has 2 aromatic rings. The largest absolute Gasteiger partial charge is 0.299 e. The van der Waals surface area contributed by atoms with Crippen LogP contribution < -0.4 is 5.32 Å². The zero-order valence-electron chi connectivity index (χ0n) is 14.4. The monoisotopic (exact) mass is 339 g/mol. The lowest BCUT2D eigenvalue weighted by atomic mass is 10.0. The van der Waals surface area contributed by atoms with Gasteiger partial charge in [0.05, 0.1) is 6.42 Å². The second-order valence-electron chi connectivity index (χ2n) is 6.69. The van der Waals surface area contributed by atoms with E-state index in [9.17, 15) is 10.1 Å². The molecule has 0 spiro atoms. The van der Waals surface area contributed by atoms with Gasteiger partial charge in [-0.1, -0.05) is 60.7 Å². The summed E-state index contributed by atoms with van der Waals surface area (Å²) in [7, 11) is 0. The average Bonchev–Trinajstić information content (AvgIpc) is 2.64. The molecular formula is C20H25N3O2. The minimum absolute atomic E-state index is 0.191. The molecule has 1 atom stereocenters. The summed E-state index contributed by atoms with van der Waals surface area (Å²) in [5.74, 6) is 0. The number of likely N-dealkylation sites (tertiary alicyclic amines) is 1. The van der Waals surface area contributed by atoms with Crippen LogP contribution in [0.1, 0.15) is 24.0 Å². The Balaban J connectivity index is 1.49. The molecule has 1 saturated heterocycles. The van der Waals surface area contributed by atoms with Crippen molar-refractivity contribution in [3.63, 3.8) is 0 Å². The molecule has 0 aliphatic carbocycles. The van der Waals surface area contributed by atoms with Gasteiger partial charge in [-0.25, -0.2) is 0 Å². The van der Waals surface area contributed by atoms with E-state index in [1.54, 1.807) is 0 Å². The maximum Gasteiger partial charge on any atom is 0.270 e. The van der Waals surface area contributed by atoms with E-state index in [1.807, 2.05) is 36.4 Å². The Hall–Kier alpha value is -2.24. The molecule has 5 heteroatoms. The molecule has 2 aromatic carbocycles. The van der Waals surface area contributed by atoms with E-state index in [0.29, 0.717) is 6.42 Å². The SMILES string of the molecule is O=[N+]([O-])C(Cc1ccccc1)NC1CCN(Cc2ccccc2)CC1. The zero-order chi connectivity index (χ0) is 17.5. The molecule has 1 unspecified atom stereocenters. The third kappa shape index (κ3) is 5.37. The summed E-state index contributed by atoms with van der Waals surface area (Å²) in [6, 6.07) is 20.3. The lowest BCUT2D eigenvalue weighted by Gasteiger charge is -2.33. The van der Waals surface area contributed by atoms with Crippen molar-refractivity contribution < 1.29 is 4.92 Å². The number of benzene rings is 2. The van der Waals surface area contributed by atoms with Gasteiger partial charge in [-0.05, 0) is 37.1 Å². The quantitative estimate of drug-likeness (QED) is 0.478. The van der Waals surface area contributed by atoms with Gasteiger partial charge in [-0.15, -0.1) is 0 Å². The normalized spacial score (nSPS) is 17.3. The van der Waals surface area contributed by atoms with E-state index in [4.69, 9.17) is 0 Å². The molecule has 0 bridgehead atoms. The van der Waals surface area contributed by atoms with Gasteiger partial charge in [0, 0.05) is 17.5 Å². The fourth-order valence-corrected chi connectivity index (χ4v) is 3.40. The average molecular weight is 339 g/mol. The molecule has 1 fully saturated rings. The van der Waals surface area contributed by atoms with Crippen molar-refractivity contribution in [2.24, 2.45) is 0 Å². The Morgan fingerprint density at radius 2 is 1.56 bits per heavy atom. The van der Waals surface area contributed by atoms with Gasteiger partial charge in [-0.2, -0.15) is 0 Å². The van der Waals surface area contributed by atoms with Crippen LogP contribution in [0.2, 0.25) is 0 Å². The number of rotatable bonds is 7. The molecule has 1 aliphatic heterocycles. The number of hydrogen-bond donors (Lipinski definition) is 1. The first kappa shape index (κ1) is 17.6. The standard InChI is InChI=1S/C20H25N3O2/c24-23(25)20(15-17-7-3-1-4-8-17)21-19-11-13-22(14-12-19)16-18-9-5-2-6-10-18/h1-10,19-21H,11-16H2. The first-order chi connectivity index (χ1) is 12.2. The van der Waals surface area contributed by atoms with Gasteiger partial charge < -0.3 is 0 Å². The molecule has 132 valence electrons. The topological polar surface area (TPSA) is 58.4 Å². The van der Waals surface area contributed by atoms with Crippen LogP contribution >= 0.6 is 0 Å². The number of nitrogens with zero attached hydrogens (tertiary/aromatic N) is 2. The van der Waals surface area contributed by atoms with Crippen molar-refractivity contribution in [2.75, 3.05) is 13.1 Å². The third-order valence-electron chi connectivity index (χ3n) is 4.79. The highest BCUT2D eigenvalue weighted by atomic mass is 16.6. The smallest absolute Gasteiger partial charge is 0.270 e. The van der Waals surface area contributed by atoms with Crippen LogP contribution in [0.5, 0.6) is 0 Å². The number of nitro groups is 1. The van der Waals surface area contributed by atoms with E-state index < -0.39 is 6.17 Å². The van der Waals surface area contributed by atoms with E-state index in [0.717, 1.165) is 38.0 Å². The number of hydrogen-bond acceptors (Lipinski definition) is 4. The highest BCUT2D eigenvalue weighted by Crippen LogP contribution is 2.15. The first-order valence-electron chi connectivity index (χ1n) is 8.90. The van der Waals surface area contributed by atoms with Crippen LogP contribution in [-0.4, -0.2) is 35.1 Å². The molecule has 1 heterocycles. The highest BCUT2D eigenvalue weighted by molar-refractivity contribution is 5.16. The molecule has 5 nitrogen and oxygen atoms in total. The maximum atomic E-state index is 11.4. The summed E-state index contributed by atoms with van der Waals surface area (Å²) in [5.41, 5.74) is 2.32. The molecule has 25 heavy (non-hydrogen) atoms. The first-order valence-corrected chi connectivity index (χ1v) is 8.90. The number of nitrogens with one attached hydrogen (secondary N) is 1. The fourth-order valence-electron chi connectivity index (χ4n) is 3.40. The molecule has 0 saturated carbocycles. The second-order valence-corrected chi connectivity index (χ2v) is 6.69. The fraction of sp³-hybridized carbons (Fsp3) is 0.400. The summed E-state index contributed by atoms with van der Waals surface area (Å²) in [5, 5.41) is 14.7. The zero-order valence-corrected chi connectivity index (χ0v) is 14.4. The molecule has 1 N–H and O–H groups in total. The molecule has 0 aromatic heterocycles. The molecule has 0 radical (unpaired) electrons. The van der Waals surface area contributed by atoms with E-state index in [1.165, 1.54) is 5.56 Å². The summed E-state index contributed by atoms with van der Waals surface area (Å²) in [6.07, 6.45) is 1.61. The minimum Gasteiger partial charge on any atom is -0.299 e. The van der Waals surface area contributed by atoms with E-state index in [-0.39, 0.29) is 11.0 Å². The number of piperidine rings is 1. The Morgan fingerprint density at radius 3 is 2.12 bits per heavy atom. The van der Waals surface area contributed by atoms with Crippen LogP contribution in [0.4, 0.5) is 0 Å². The highest BCUT2D eigenvalue weighted by Gasteiger charge is 2.27. The molecule has 1 aliphatic rings. The van der Waals surface area contributed by atoms with Gasteiger partial charge in [0.15, 0.2) is 0 Å². The van der Waals surface area contributed by atoms with Crippen molar-refractivity contribution in [2.45, 2.75) is 38.0 Å². The van der Waals surface area contributed by atoms with Gasteiger partial charge in [0.25, 0.3) is 6.17 Å². The maximum absolute atomic E-state index is 11.4. The minimum atomic E-state index is -0.715. The van der Waals surface area contributed by atoms with Gasteiger partial charge >= 0.3 is 0 Å². The third-order valence-corrected chi connectivity index (χ3v) is 4.79. The predicted octanol–water partition coefficient (Wildman–Crippen LogP) is 3.09. The lowest BCUT2D eigenvalue weighted by Crippen LogP contribution is -2.49.